The van der Waals surface area contributed by atoms with Crippen LogP contribution in [0.2, 0.25) is 0 Å². The number of benzene rings is 2. The third-order valence-corrected chi connectivity index (χ3v) is 4.14. The first-order chi connectivity index (χ1) is 13.1. The van der Waals surface area contributed by atoms with Crippen LogP contribution in [0.15, 0.2) is 65.2 Å². The second-order valence-electron chi connectivity index (χ2n) is 6.07. The van der Waals surface area contributed by atoms with Crippen LogP contribution in [-0.2, 0) is 0 Å². The molecule has 0 spiro atoms. The van der Waals surface area contributed by atoms with E-state index in [2.05, 4.69) is 20.2 Å². The maximum absolute atomic E-state index is 9.64. The number of hydrogen-bond donors (Lipinski definition) is 2. The van der Waals surface area contributed by atoms with Crippen molar-refractivity contribution in [1.82, 2.24) is 20.2 Å². The van der Waals surface area contributed by atoms with Crippen molar-refractivity contribution in [2.24, 2.45) is 0 Å². The number of aliphatic hydroxyl groups excluding tert-OH is 1. The van der Waals surface area contributed by atoms with Gasteiger partial charge in [-0.05, 0) is 24.6 Å². The van der Waals surface area contributed by atoms with E-state index in [4.69, 9.17) is 10.2 Å². The van der Waals surface area contributed by atoms with Crippen LogP contribution in [-0.4, -0.2) is 25.3 Å². The highest BCUT2D eigenvalue weighted by Gasteiger charge is 2.16. The molecule has 4 aromatic rings. The van der Waals surface area contributed by atoms with Crippen LogP contribution in [0.5, 0.6) is 0 Å². The zero-order valence-electron chi connectivity index (χ0n) is 14.6. The van der Waals surface area contributed by atoms with Gasteiger partial charge in [0.1, 0.15) is 0 Å². The van der Waals surface area contributed by atoms with Gasteiger partial charge in [-0.2, -0.15) is 0 Å². The molecule has 134 valence electrons. The van der Waals surface area contributed by atoms with Crippen molar-refractivity contribution in [1.29, 1.82) is 0 Å². The third-order valence-electron chi connectivity index (χ3n) is 4.14. The molecule has 4 rings (SSSR count). The molecular weight excluding hydrogens is 342 g/mol. The molecule has 7 heteroatoms. The molecule has 0 aliphatic rings. The predicted octanol–water partition coefficient (Wildman–Crippen LogP) is 3.50. The van der Waals surface area contributed by atoms with Crippen molar-refractivity contribution >= 4 is 5.82 Å². The fourth-order valence-corrected chi connectivity index (χ4v) is 2.64. The van der Waals surface area contributed by atoms with Gasteiger partial charge >= 0.3 is 0 Å². The highest BCUT2D eigenvalue weighted by atomic mass is 16.4. The summed E-state index contributed by atoms with van der Waals surface area (Å²) in [5, 5.41) is 17.8. The average molecular weight is 359 g/mol. The minimum atomic E-state index is -0.526. The van der Waals surface area contributed by atoms with E-state index in [1.54, 1.807) is 13.1 Å². The lowest BCUT2D eigenvalue weighted by Gasteiger charge is -2.07. The highest BCUT2D eigenvalue weighted by Crippen LogP contribution is 2.28. The van der Waals surface area contributed by atoms with E-state index in [1.165, 1.54) is 0 Å². The molecule has 2 heterocycles. The van der Waals surface area contributed by atoms with Gasteiger partial charge in [-0.1, -0.05) is 42.5 Å². The number of nitrogens with zero attached hydrogens (tertiary/aromatic N) is 4. The summed E-state index contributed by atoms with van der Waals surface area (Å²) in [5.74, 6) is 0.808. The van der Waals surface area contributed by atoms with Crippen LogP contribution in [0.3, 0.4) is 0 Å². The Morgan fingerprint density at radius 2 is 1.63 bits per heavy atom. The van der Waals surface area contributed by atoms with Crippen molar-refractivity contribution in [3.05, 3.63) is 66.4 Å². The molecule has 27 heavy (non-hydrogen) atoms. The molecule has 0 radical (unpaired) electrons. The van der Waals surface area contributed by atoms with Gasteiger partial charge in [0.25, 0.3) is 5.89 Å². The molecule has 0 saturated heterocycles. The number of hydrogen-bond acceptors (Lipinski definition) is 7. The molecule has 0 amide bonds. The van der Waals surface area contributed by atoms with Crippen LogP contribution < -0.4 is 5.73 Å². The molecule has 1 atom stereocenters. The molecule has 0 saturated carbocycles. The Morgan fingerprint density at radius 3 is 2.33 bits per heavy atom. The molecule has 0 bridgehead atoms. The number of anilines is 1. The Bertz CT molecular complexity index is 1060. The fourth-order valence-electron chi connectivity index (χ4n) is 2.64. The molecule has 0 aliphatic heterocycles. The van der Waals surface area contributed by atoms with Crippen LogP contribution in [0.4, 0.5) is 5.82 Å². The molecule has 1 unspecified atom stereocenters. The van der Waals surface area contributed by atoms with Crippen LogP contribution in [0, 0.1) is 0 Å². The molecule has 2 aromatic heterocycles. The van der Waals surface area contributed by atoms with Crippen LogP contribution >= 0.6 is 0 Å². The van der Waals surface area contributed by atoms with E-state index in [9.17, 15) is 5.11 Å². The van der Waals surface area contributed by atoms with E-state index >= 15 is 0 Å². The van der Waals surface area contributed by atoms with Crippen molar-refractivity contribution in [2.75, 3.05) is 5.73 Å². The van der Waals surface area contributed by atoms with Crippen molar-refractivity contribution in [2.45, 2.75) is 13.0 Å². The standard InChI is InChI=1S/C20H17N5O2/c1-12(26)13-7-9-14(10-8-13)16-11-22-18(21)17(23-16)20-25-24-19(27-20)15-5-3-2-4-6-15/h2-12,26H,1H3,(H2,21,22). The largest absolute Gasteiger partial charge is 0.414 e. The number of rotatable bonds is 4. The summed E-state index contributed by atoms with van der Waals surface area (Å²) in [6.45, 7) is 1.72. The van der Waals surface area contributed by atoms with Crippen molar-refractivity contribution < 1.29 is 9.52 Å². The zero-order valence-corrected chi connectivity index (χ0v) is 14.6. The van der Waals surface area contributed by atoms with E-state index in [0.29, 0.717) is 17.3 Å². The average Bonchev–Trinajstić information content (AvgIpc) is 3.19. The van der Waals surface area contributed by atoms with E-state index in [0.717, 1.165) is 16.7 Å². The summed E-state index contributed by atoms with van der Waals surface area (Å²) in [6.07, 6.45) is 1.06. The predicted molar refractivity (Wildman–Crippen MR) is 101 cm³/mol. The first-order valence-corrected chi connectivity index (χ1v) is 8.42. The van der Waals surface area contributed by atoms with Crippen molar-refractivity contribution in [3.63, 3.8) is 0 Å². The second-order valence-corrected chi connectivity index (χ2v) is 6.07. The molecule has 3 N–H and O–H groups in total. The maximum Gasteiger partial charge on any atom is 0.270 e. The maximum atomic E-state index is 9.64. The number of nitrogen functional groups attached to an aromatic ring is 1. The summed E-state index contributed by atoms with van der Waals surface area (Å²) in [7, 11) is 0. The lowest BCUT2D eigenvalue weighted by Crippen LogP contribution is -1.99. The monoisotopic (exact) mass is 359 g/mol. The Hall–Kier alpha value is -3.58. The Labute approximate surface area is 155 Å². The highest BCUT2D eigenvalue weighted by molar-refractivity contribution is 5.68. The lowest BCUT2D eigenvalue weighted by molar-refractivity contribution is 0.199. The zero-order chi connectivity index (χ0) is 18.8. The smallest absolute Gasteiger partial charge is 0.270 e. The van der Waals surface area contributed by atoms with Gasteiger partial charge in [-0.25, -0.2) is 9.97 Å². The summed E-state index contributed by atoms with van der Waals surface area (Å²) >= 11 is 0. The minimum absolute atomic E-state index is 0.210. The van der Waals surface area contributed by atoms with Gasteiger partial charge in [0.05, 0.1) is 18.0 Å². The summed E-state index contributed by atoms with van der Waals surface area (Å²) in [5.41, 5.74) is 9.41. The molecule has 0 fully saturated rings. The topological polar surface area (TPSA) is 111 Å². The van der Waals surface area contributed by atoms with Gasteiger partial charge in [0.15, 0.2) is 11.5 Å². The van der Waals surface area contributed by atoms with Crippen molar-refractivity contribution in [3.8, 4) is 34.3 Å². The first kappa shape index (κ1) is 16.9. The third kappa shape index (κ3) is 3.40. The quantitative estimate of drug-likeness (QED) is 0.573. The van der Waals surface area contributed by atoms with Crippen LogP contribution in [0.1, 0.15) is 18.6 Å². The van der Waals surface area contributed by atoms with E-state index in [-0.39, 0.29) is 11.7 Å². The fraction of sp³-hybridized carbons (Fsp3) is 0.100. The summed E-state index contributed by atoms with van der Waals surface area (Å²) in [4.78, 5) is 8.76. The van der Waals surface area contributed by atoms with Crippen LogP contribution in [0.25, 0.3) is 34.3 Å². The summed E-state index contributed by atoms with van der Waals surface area (Å²) in [6, 6.07) is 16.9. The van der Waals surface area contributed by atoms with Gasteiger partial charge < -0.3 is 15.3 Å². The molecule has 7 nitrogen and oxygen atoms in total. The minimum Gasteiger partial charge on any atom is -0.414 e. The normalized spacial score (nSPS) is 12.1. The second kappa shape index (κ2) is 6.97. The number of aromatic nitrogens is 4. The lowest BCUT2D eigenvalue weighted by atomic mass is 10.1. The Balaban J connectivity index is 1.70. The van der Waals surface area contributed by atoms with Gasteiger partial charge in [-0.3, -0.25) is 0 Å². The molecule has 0 aliphatic carbocycles. The molecular formula is C20H17N5O2. The first-order valence-electron chi connectivity index (χ1n) is 8.42. The SMILES string of the molecule is CC(O)c1ccc(-c2cnc(N)c(-c3nnc(-c4ccccc4)o3)n2)cc1. The Kier molecular flexibility index (Phi) is 4.35. The van der Waals surface area contributed by atoms with E-state index in [1.807, 2.05) is 54.6 Å². The summed E-state index contributed by atoms with van der Waals surface area (Å²) < 4.78 is 5.74. The number of nitrogens with two attached hydrogens (primary N) is 1. The molecule has 2 aromatic carbocycles. The van der Waals surface area contributed by atoms with Gasteiger partial charge in [-0.15, -0.1) is 10.2 Å². The number of aliphatic hydroxyl groups is 1. The Morgan fingerprint density at radius 1 is 0.926 bits per heavy atom. The van der Waals surface area contributed by atoms with Gasteiger partial charge in [0, 0.05) is 11.1 Å². The van der Waals surface area contributed by atoms with E-state index < -0.39 is 6.10 Å². The van der Waals surface area contributed by atoms with Gasteiger partial charge in [0.2, 0.25) is 5.89 Å².